The monoisotopic (exact) mass is 331 g/mol. The van der Waals surface area contributed by atoms with Crippen molar-refractivity contribution in [2.75, 3.05) is 0 Å². The zero-order valence-electron chi connectivity index (χ0n) is 14.8. The molecule has 2 heterocycles. The van der Waals surface area contributed by atoms with Crippen LogP contribution in [0, 0.1) is 0 Å². The number of fused-ring (bicyclic) bond motifs is 2. The van der Waals surface area contributed by atoms with E-state index in [4.69, 9.17) is 4.74 Å². The summed E-state index contributed by atoms with van der Waals surface area (Å²) >= 11 is 0. The van der Waals surface area contributed by atoms with E-state index in [2.05, 4.69) is 40.2 Å². The van der Waals surface area contributed by atoms with Crippen molar-refractivity contribution in [2.24, 2.45) is 0 Å². The predicted octanol–water partition coefficient (Wildman–Crippen LogP) is 2.56. The number of carbonyl (C=O) groups is 1. The summed E-state index contributed by atoms with van der Waals surface area (Å²) in [6.45, 7) is 6.49. The Labute approximate surface area is 144 Å². The van der Waals surface area contributed by atoms with Crippen LogP contribution < -0.4 is 16.0 Å². The summed E-state index contributed by atoms with van der Waals surface area (Å²) in [6, 6.07) is 11.6. The average Bonchev–Trinajstić information content (AvgIpc) is 2.91. The molecule has 2 aliphatic rings. The minimum atomic E-state index is -0.475. The van der Waals surface area contributed by atoms with Crippen LogP contribution in [0.25, 0.3) is 0 Å². The molecule has 0 aliphatic carbocycles. The van der Waals surface area contributed by atoms with E-state index in [1.807, 2.05) is 26.8 Å². The molecule has 0 radical (unpaired) electrons. The minimum absolute atomic E-state index is 0.0577. The Morgan fingerprint density at radius 1 is 1.25 bits per heavy atom. The molecule has 1 aromatic rings. The molecule has 5 nitrogen and oxygen atoms in total. The van der Waals surface area contributed by atoms with Crippen LogP contribution in [-0.4, -0.2) is 35.9 Å². The average molecular weight is 331 g/mol. The van der Waals surface area contributed by atoms with Crippen LogP contribution in [0.1, 0.15) is 45.6 Å². The van der Waals surface area contributed by atoms with Gasteiger partial charge in [0.2, 0.25) is 0 Å². The van der Waals surface area contributed by atoms with Gasteiger partial charge in [-0.15, -0.1) is 0 Å². The molecule has 3 rings (SSSR count). The molecule has 4 atom stereocenters. The number of ether oxygens (including phenoxy) is 1. The second-order valence-corrected chi connectivity index (χ2v) is 7.93. The highest BCUT2D eigenvalue weighted by Crippen LogP contribution is 2.28. The summed E-state index contributed by atoms with van der Waals surface area (Å²) < 4.78 is 5.45. The Hall–Kier alpha value is -1.59. The summed E-state index contributed by atoms with van der Waals surface area (Å²) in [7, 11) is 0. The standard InChI is InChI=1S/C19H29N3O2/c1-19(2,3)24-18(23)22-17-15-10-9-14(21-15)11-16(17)20-12-13-7-5-4-6-8-13/h4-8,14-17,20-21H,9-12H2,1-3H3,(H,22,23). The van der Waals surface area contributed by atoms with E-state index in [1.54, 1.807) is 0 Å². The fourth-order valence-corrected chi connectivity index (χ4v) is 3.75. The molecule has 2 saturated heterocycles. The highest BCUT2D eigenvalue weighted by molar-refractivity contribution is 5.68. The van der Waals surface area contributed by atoms with Gasteiger partial charge in [-0.2, -0.15) is 0 Å². The van der Waals surface area contributed by atoms with Crippen LogP contribution in [0.2, 0.25) is 0 Å². The number of rotatable bonds is 4. The number of benzene rings is 1. The molecule has 132 valence electrons. The van der Waals surface area contributed by atoms with E-state index < -0.39 is 5.60 Å². The molecule has 2 aliphatic heterocycles. The third-order valence-corrected chi connectivity index (χ3v) is 4.78. The smallest absolute Gasteiger partial charge is 0.407 e. The zero-order valence-corrected chi connectivity index (χ0v) is 14.8. The fourth-order valence-electron chi connectivity index (χ4n) is 3.75. The normalized spacial score (nSPS) is 29.3. The van der Waals surface area contributed by atoms with Gasteiger partial charge in [-0.3, -0.25) is 0 Å². The van der Waals surface area contributed by atoms with Crippen LogP contribution in [0.4, 0.5) is 4.79 Å². The number of nitrogens with one attached hydrogen (secondary N) is 3. The highest BCUT2D eigenvalue weighted by Gasteiger charge is 2.42. The maximum atomic E-state index is 12.2. The molecule has 5 heteroatoms. The van der Waals surface area contributed by atoms with Gasteiger partial charge in [-0.05, 0) is 45.6 Å². The Morgan fingerprint density at radius 2 is 2.00 bits per heavy atom. The number of hydrogen-bond acceptors (Lipinski definition) is 4. The van der Waals surface area contributed by atoms with Crippen LogP contribution in [0.3, 0.4) is 0 Å². The third kappa shape index (κ3) is 4.48. The van der Waals surface area contributed by atoms with Crippen molar-refractivity contribution >= 4 is 6.09 Å². The Balaban J connectivity index is 1.63. The van der Waals surface area contributed by atoms with Crippen molar-refractivity contribution in [3.05, 3.63) is 35.9 Å². The van der Waals surface area contributed by atoms with Crippen molar-refractivity contribution in [3.63, 3.8) is 0 Å². The number of hydrogen-bond donors (Lipinski definition) is 3. The van der Waals surface area contributed by atoms with Gasteiger partial charge in [-0.1, -0.05) is 30.3 Å². The van der Waals surface area contributed by atoms with Crippen LogP contribution in [0.15, 0.2) is 30.3 Å². The number of amides is 1. The van der Waals surface area contributed by atoms with Gasteiger partial charge >= 0.3 is 6.09 Å². The first-order valence-electron chi connectivity index (χ1n) is 8.93. The van der Waals surface area contributed by atoms with E-state index in [-0.39, 0.29) is 18.2 Å². The van der Waals surface area contributed by atoms with Crippen molar-refractivity contribution < 1.29 is 9.53 Å². The van der Waals surface area contributed by atoms with Gasteiger partial charge in [0.25, 0.3) is 0 Å². The summed E-state index contributed by atoms with van der Waals surface area (Å²) in [4.78, 5) is 12.2. The number of alkyl carbamates (subject to hydrolysis) is 1. The second-order valence-electron chi connectivity index (χ2n) is 7.93. The summed E-state index contributed by atoms with van der Waals surface area (Å²) in [6.07, 6.45) is 2.99. The molecule has 2 fully saturated rings. The van der Waals surface area contributed by atoms with Crippen LogP contribution in [0.5, 0.6) is 0 Å². The van der Waals surface area contributed by atoms with E-state index >= 15 is 0 Å². The molecule has 3 N–H and O–H groups in total. The largest absolute Gasteiger partial charge is 0.444 e. The summed E-state index contributed by atoms with van der Waals surface area (Å²) in [5.74, 6) is 0. The first-order chi connectivity index (χ1) is 11.4. The zero-order chi connectivity index (χ0) is 17.2. The van der Waals surface area contributed by atoms with Crippen LogP contribution in [-0.2, 0) is 11.3 Å². The maximum absolute atomic E-state index is 12.2. The van der Waals surface area contributed by atoms with Gasteiger partial charge in [0.05, 0.1) is 6.04 Å². The molecule has 24 heavy (non-hydrogen) atoms. The minimum Gasteiger partial charge on any atom is -0.444 e. The quantitative estimate of drug-likeness (QED) is 0.793. The van der Waals surface area contributed by atoms with E-state index in [0.717, 1.165) is 19.4 Å². The highest BCUT2D eigenvalue weighted by atomic mass is 16.6. The van der Waals surface area contributed by atoms with Gasteiger partial charge in [0, 0.05) is 24.7 Å². The van der Waals surface area contributed by atoms with Crippen molar-refractivity contribution in [2.45, 2.75) is 76.3 Å². The molecule has 4 unspecified atom stereocenters. The van der Waals surface area contributed by atoms with Gasteiger partial charge in [0.1, 0.15) is 5.60 Å². The molecule has 0 aromatic heterocycles. The molecule has 0 saturated carbocycles. The lowest BCUT2D eigenvalue weighted by atomic mass is 9.93. The van der Waals surface area contributed by atoms with Crippen molar-refractivity contribution in [3.8, 4) is 0 Å². The molecule has 1 aromatic carbocycles. The Bertz CT molecular complexity index is 555. The van der Waals surface area contributed by atoms with Gasteiger partial charge in [-0.25, -0.2) is 4.79 Å². The summed E-state index contributed by atoms with van der Waals surface area (Å²) in [5.41, 5.74) is 0.788. The molecule has 2 bridgehead atoms. The Morgan fingerprint density at radius 3 is 2.71 bits per heavy atom. The molecular weight excluding hydrogens is 302 g/mol. The first-order valence-corrected chi connectivity index (χ1v) is 8.93. The van der Waals surface area contributed by atoms with Crippen LogP contribution >= 0.6 is 0 Å². The number of carbonyl (C=O) groups excluding carboxylic acids is 1. The second kappa shape index (κ2) is 7.11. The fraction of sp³-hybridized carbons (Fsp3) is 0.632. The third-order valence-electron chi connectivity index (χ3n) is 4.78. The van der Waals surface area contributed by atoms with Gasteiger partial charge in [0.15, 0.2) is 0 Å². The number of piperidine rings is 1. The molecule has 0 spiro atoms. The Kier molecular flexibility index (Phi) is 5.11. The van der Waals surface area contributed by atoms with E-state index in [0.29, 0.717) is 12.1 Å². The summed E-state index contributed by atoms with van der Waals surface area (Å²) in [5, 5.41) is 10.4. The van der Waals surface area contributed by atoms with Gasteiger partial charge < -0.3 is 20.7 Å². The van der Waals surface area contributed by atoms with E-state index in [1.165, 1.54) is 12.0 Å². The first kappa shape index (κ1) is 17.2. The molecular formula is C19H29N3O2. The lowest BCUT2D eigenvalue weighted by Gasteiger charge is -2.38. The lowest BCUT2D eigenvalue weighted by molar-refractivity contribution is 0.0467. The van der Waals surface area contributed by atoms with Crippen molar-refractivity contribution in [1.82, 2.24) is 16.0 Å². The SMILES string of the molecule is CC(C)(C)OC(=O)NC1C(NCc2ccccc2)CC2CCC1N2. The molecule has 1 amide bonds. The lowest BCUT2D eigenvalue weighted by Crippen LogP contribution is -2.63. The maximum Gasteiger partial charge on any atom is 0.407 e. The van der Waals surface area contributed by atoms with Crippen molar-refractivity contribution in [1.29, 1.82) is 0 Å². The van der Waals surface area contributed by atoms with E-state index in [9.17, 15) is 4.79 Å². The topological polar surface area (TPSA) is 62.4 Å². The predicted molar refractivity (Wildman–Crippen MR) is 94.8 cm³/mol.